The fourth-order valence-electron chi connectivity index (χ4n) is 3.09. The van der Waals surface area contributed by atoms with Gasteiger partial charge in [0.2, 0.25) is 5.91 Å². The summed E-state index contributed by atoms with van der Waals surface area (Å²) in [6, 6.07) is 0. The molecular weight excluding hydrogens is 302 g/mol. The van der Waals surface area contributed by atoms with Crippen LogP contribution >= 0.6 is 11.3 Å². The lowest BCUT2D eigenvalue weighted by atomic mass is 10.1. The highest BCUT2D eigenvalue weighted by molar-refractivity contribution is 7.11. The number of rotatable bonds is 4. The highest BCUT2D eigenvalue weighted by Gasteiger charge is 2.24. The van der Waals surface area contributed by atoms with Gasteiger partial charge in [-0.15, -0.1) is 11.3 Å². The lowest BCUT2D eigenvalue weighted by Crippen LogP contribution is -2.36. The van der Waals surface area contributed by atoms with E-state index < -0.39 is 5.97 Å². The number of carboxylic acid groups (broad SMARTS) is 1. The summed E-state index contributed by atoms with van der Waals surface area (Å²) in [7, 11) is 0. The zero-order valence-electron chi connectivity index (χ0n) is 12.6. The Morgan fingerprint density at radius 3 is 2.68 bits per heavy atom. The minimum absolute atomic E-state index is 0.0688. The first kappa shape index (κ1) is 15.4. The van der Waals surface area contributed by atoms with Crippen LogP contribution in [-0.2, 0) is 29.0 Å². The molecule has 2 aliphatic rings. The van der Waals surface area contributed by atoms with Gasteiger partial charge in [0.15, 0.2) is 0 Å². The molecule has 1 aromatic rings. The first-order chi connectivity index (χ1) is 10.6. The number of aromatic nitrogens is 1. The number of carbonyl (C=O) groups excluding carboxylic acids is 1. The molecule has 0 radical (unpaired) electrons. The molecule has 0 saturated carbocycles. The summed E-state index contributed by atoms with van der Waals surface area (Å²) < 4.78 is 0. The summed E-state index contributed by atoms with van der Waals surface area (Å²) in [5.74, 6) is -0.623. The second kappa shape index (κ2) is 6.75. The summed E-state index contributed by atoms with van der Waals surface area (Å²) in [6.45, 7) is 3.17. The molecule has 0 spiro atoms. The van der Waals surface area contributed by atoms with Crippen molar-refractivity contribution in [2.24, 2.45) is 0 Å². The molecular formula is C15H21N3O3S. The lowest BCUT2D eigenvalue weighted by Gasteiger charge is -2.26. The first-order valence-electron chi connectivity index (χ1n) is 7.81. The summed E-state index contributed by atoms with van der Waals surface area (Å²) in [6.07, 6.45) is 4.58. The van der Waals surface area contributed by atoms with E-state index in [1.165, 1.54) is 6.42 Å². The fourth-order valence-corrected chi connectivity index (χ4v) is 4.24. The minimum atomic E-state index is -0.798. The Kier molecular flexibility index (Phi) is 4.73. The van der Waals surface area contributed by atoms with Gasteiger partial charge in [-0.1, -0.05) is 0 Å². The third-order valence-corrected chi connectivity index (χ3v) is 5.31. The molecule has 3 heterocycles. The monoisotopic (exact) mass is 323 g/mol. The number of amides is 1. The maximum absolute atomic E-state index is 12.3. The summed E-state index contributed by atoms with van der Waals surface area (Å²) in [4.78, 5) is 32.7. The largest absolute Gasteiger partial charge is 0.480 e. The number of thiazole rings is 1. The molecule has 3 rings (SSSR count). The highest BCUT2D eigenvalue weighted by atomic mass is 32.1. The van der Waals surface area contributed by atoms with Crippen molar-refractivity contribution < 1.29 is 14.7 Å². The first-order valence-corrected chi connectivity index (χ1v) is 8.63. The van der Waals surface area contributed by atoms with Gasteiger partial charge in [-0.3, -0.25) is 14.5 Å². The molecule has 1 aromatic heterocycles. The molecule has 1 fully saturated rings. The Hall–Kier alpha value is -1.47. The zero-order valence-corrected chi connectivity index (χ0v) is 13.4. The van der Waals surface area contributed by atoms with Crippen LogP contribution in [0.25, 0.3) is 0 Å². The fraction of sp³-hybridized carbons (Fsp3) is 0.667. The highest BCUT2D eigenvalue weighted by Crippen LogP contribution is 2.26. The number of carboxylic acids is 1. The maximum Gasteiger partial charge on any atom is 0.317 e. The molecule has 0 aromatic carbocycles. The molecule has 1 saturated heterocycles. The van der Waals surface area contributed by atoms with E-state index in [0.29, 0.717) is 13.0 Å². The second-order valence-corrected chi connectivity index (χ2v) is 7.12. The van der Waals surface area contributed by atoms with E-state index in [9.17, 15) is 9.59 Å². The van der Waals surface area contributed by atoms with Crippen molar-refractivity contribution in [1.82, 2.24) is 14.8 Å². The van der Waals surface area contributed by atoms with E-state index in [0.717, 1.165) is 54.5 Å². The molecule has 0 aliphatic carbocycles. The van der Waals surface area contributed by atoms with Crippen molar-refractivity contribution in [3.63, 3.8) is 0 Å². The topological polar surface area (TPSA) is 73.7 Å². The normalized spacial score (nSPS) is 19.0. The Morgan fingerprint density at radius 1 is 1.18 bits per heavy atom. The van der Waals surface area contributed by atoms with Gasteiger partial charge >= 0.3 is 5.97 Å². The Morgan fingerprint density at radius 2 is 1.95 bits per heavy atom. The standard InChI is InChI=1S/C15H21N3O3S/c19-14(18-5-2-1-3-6-18)8-13-16-11-4-7-17(10-15(20)21)9-12(11)22-13/h1-10H2,(H,20,21). The molecule has 2 aliphatic heterocycles. The van der Waals surface area contributed by atoms with E-state index in [2.05, 4.69) is 4.98 Å². The Labute approximate surface area is 133 Å². The van der Waals surface area contributed by atoms with E-state index in [-0.39, 0.29) is 12.5 Å². The number of hydrogen-bond donors (Lipinski definition) is 1. The molecule has 120 valence electrons. The van der Waals surface area contributed by atoms with Crippen molar-refractivity contribution in [2.45, 2.75) is 38.6 Å². The van der Waals surface area contributed by atoms with Gasteiger partial charge in [-0.05, 0) is 19.3 Å². The van der Waals surface area contributed by atoms with Crippen LogP contribution in [0.3, 0.4) is 0 Å². The van der Waals surface area contributed by atoms with Gasteiger partial charge in [0.05, 0.1) is 18.7 Å². The van der Waals surface area contributed by atoms with Crippen molar-refractivity contribution in [3.05, 3.63) is 15.6 Å². The van der Waals surface area contributed by atoms with Crippen LogP contribution in [0.4, 0.5) is 0 Å². The van der Waals surface area contributed by atoms with E-state index in [1.807, 2.05) is 9.80 Å². The Bertz CT molecular complexity index is 566. The molecule has 7 heteroatoms. The SMILES string of the molecule is O=C(O)CN1CCc2nc(CC(=O)N3CCCCC3)sc2C1. The van der Waals surface area contributed by atoms with Crippen LogP contribution in [0.2, 0.25) is 0 Å². The number of aliphatic carboxylic acids is 1. The predicted octanol–water partition coefficient (Wildman–Crippen LogP) is 1.14. The number of carbonyl (C=O) groups is 2. The minimum Gasteiger partial charge on any atom is -0.480 e. The average Bonchev–Trinajstić information content (AvgIpc) is 2.89. The Balaban J connectivity index is 1.61. The maximum atomic E-state index is 12.3. The quantitative estimate of drug-likeness (QED) is 0.899. The number of nitrogens with zero attached hydrogens (tertiary/aromatic N) is 3. The summed E-state index contributed by atoms with van der Waals surface area (Å²) in [5.41, 5.74) is 1.05. The molecule has 0 unspecified atom stereocenters. The number of hydrogen-bond acceptors (Lipinski definition) is 5. The van der Waals surface area contributed by atoms with Gasteiger partial charge in [0.25, 0.3) is 0 Å². The average molecular weight is 323 g/mol. The van der Waals surface area contributed by atoms with Gasteiger partial charge in [-0.25, -0.2) is 4.98 Å². The van der Waals surface area contributed by atoms with Crippen molar-refractivity contribution in [1.29, 1.82) is 0 Å². The van der Waals surface area contributed by atoms with Crippen LogP contribution in [0.1, 0.15) is 34.8 Å². The molecule has 1 amide bonds. The van der Waals surface area contributed by atoms with Gasteiger partial charge in [0.1, 0.15) is 5.01 Å². The van der Waals surface area contributed by atoms with Crippen molar-refractivity contribution >= 4 is 23.2 Å². The van der Waals surface area contributed by atoms with Crippen LogP contribution in [0.5, 0.6) is 0 Å². The second-order valence-electron chi connectivity index (χ2n) is 5.95. The predicted molar refractivity (Wildman–Crippen MR) is 82.9 cm³/mol. The van der Waals surface area contributed by atoms with Gasteiger partial charge in [-0.2, -0.15) is 0 Å². The number of piperidine rings is 1. The van der Waals surface area contributed by atoms with Crippen molar-refractivity contribution in [3.8, 4) is 0 Å². The molecule has 6 nitrogen and oxygen atoms in total. The molecule has 1 N–H and O–H groups in total. The smallest absolute Gasteiger partial charge is 0.317 e. The molecule has 22 heavy (non-hydrogen) atoms. The van der Waals surface area contributed by atoms with Gasteiger partial charge in [0, 0.05) is 37.5 Å². The van der Waals surface area contributed by atoms with Crippen LogP contribution in [0, 0.1) is 0 Å². The van der Waals surface area contributed by atoms with E-state index >= 15 is 0 Å². The van der Waals surface area contributed by atoms with E-state index in [4.69, 9.17) is 5.11 Å². The van der Waals surface area contributed by atoms with Crippen LogP contribution < -0.4 is 0 Å². The van der Waals surface area contributed by atoms with Gasteiger partial charge < -0.3 is 10.0 Å². The summed E-state index contributed by atoms with van der Waals surface area (Å²) >= 11 is 1.57. The third kappa shape index (κ3) is 3.64. The summed E-state index contributed by atoms with van der Waals surface area (Å²) in [5, 5.41) is 9.75. The van der Waals surface area contributed by atoms with Crippen LogP contribution in [-0.4, -0.2) is 57.9 Å². The number of fused-ring (bicyclic) bond motifs is 1. The lowest BCUT2D eigenvalue weighted by molar-refractivity contribution is -0.138. The molecule has 0 atom stereocenters. The van der Waals surface area contributed by atoms with Crippen molar-refractivity contribution in [2.75, 3.05) is 26.2 Å². The van der Waals surface area contributed by atoms with E-state index in [1.54, 1.807) is 11.3 Å². The van der Waals surface area contributed by atoms with Crippen LogP contribution in [0.15, 0.2) is 0 Å². The third-order valence-electron chi connectivity index (χ3n) is 4.22. The number of likely N-dealkylation sites (tertiary alicyclic amines) is 1. The molecule has 0 bridgehead atoms. The zero-order chi connectivity index (χ0) is 15.5.